The third-order valence-corrected chi connectivity index (χ3v) is 5.01. The first-order valence-electron chi connectivity index (χ1n) is 8.73. The van der Waals surface area contributed by atoms with Gasteiger partial charge in [-0.1, -0.05) is 23.7 Å². The van der Waals surface area contributed by atoms with Crippen molar-refractivity contribution in [3.8, 4) is 0 Å². The number of nitrogens with zero attached hydrogens (tertiary/aromatic N) is 1. The number of carbonyl (C=O) groups excluding carboxylic acids is 1. The highest BCUT2D eigenvalue weighted by Crippen LogP contribution is 2.28. The highest BCUT2D eigenvalue weighted by molar-refractivity contribution is 6.30. The lowest BCUT2D eigenvalue weighted by atomic mass is 9.89. The summed E-state index contributed by atoms with van der Waals surface area (Å²) in [6, 6.07) is 13.9. The van der Waals surface area contributed by atoms with Gasteiger partial charge in [0.2, 0.25) is 0 Å². The van der Waals surface area contributed by atoms with E-state index in [-0.39, 0.29) is 11.6 Å². The van der Waals surface area contributed by atoms with Crippen molar-refractivity contribution in [2.75, 3.05) is 19.6 Å². The van der Waals surface area contributed by atoms with Crippen molar-refractivity contribution in [3.05, 3.63) is 76.4 Å². The fraction of sp³-hybridized carbons (Fsp3) is 0.333. The molecule has 0 aliphatic carbocycles. The molecule has 1 aliphatic rings. The molecule has 4 heteroatoms. The van der Waals surface area contributed by atoms with Crippen LogP contribution in [-0.2, 0) is 0 Å². The standard InChI is InChI=1S/C21H22ClFNO/c22-19-7-3-16(4-8-19)17-11-14-24(15-12-17)13-1-2-21(25)18-5-9-20(23)10-6-18/h3-10H,1-2,11-15H2. The van der Waals surface area contributed by atoms with Gasteiger partial charge in [-0.25, -0.2) is 4.39 Å². The molecule has 1 heterocycles. The van der Waals surface area contributed by atoms with Crippen LogP contribution in [0.3, 0.4) is 0 Å². The van der Waals surface area contributed by atoms with E-state index in [0.717, 1.165) is 43.9 Å². The monoisotopic (exact) mass is 358 g/mol. The number of hydrogen-bond acceptors (Lipinski definition) is 2. The molecule has 131 valence electrons. The van der Waals surface area contributed by atoms with Gasteiger partial charge in [-0.05, 0) is 80.9 Å². The van der Waals surface area contributed by atoms with Gasteiger partial charge in [0, 0.05) is 22.9 Å². The Morgan fingerprint density at radius 1 is 1.00 bits per heavy atom. The smallest absolute Gasteiger partial charge is 0.162 e. The molecular weight excluding hydrogens is 337 g/mol. The summed E-state index contributed by atoms with van der Waals surface area (Å²) < 4.78 is 12.9. The van der Waals surface area contributed by atoms with Gasteiger partial charge in [-0.3, -0.25) is 4.79 Å². The van der Waals surface area contributed by atoms with Crippen molar-refractivity contribution >= 4 is 17.4 Å². The van der Waals surface area contributed by atoms with Gasteiger partial charge >= 0.3 is 0 Å². The maximum Gasteiger partial charge on any atom is 0.162 e. The number of Topliss-reactive ketones (excluding diaryl/α,β-unsaturated/α-hetero) is 1. The van der Waals surface area contributed by atoms with Crippen LogP contribution in [-0.4, -0.2) is 30.3 Å². The maximum atomic E-state index is 12.9. The number of carbonyl (C=O) groups is 1. The third-order valence-electron chi connectivity index (χ3n) is 4.76. The van der Waals surface area contributed by atoms with E-state index < -0.39 is 0 Å². The fourth-order valence-electron chi connectivity index (χ4n) is 3.26. The van der Waals surface area contributed by atoms with Crippen molar-refractivity contribution in [1.29, 1.82) is 0 Å². The van der Waals surface area contributed by atoms with Gasteiger partial charge in [-0.15, -0.1) is 0 Å². The Morgan fingerprint density at radius 3 is 2.28 bits per heavy atom. The summed E-state index contributed by atoms with van der Waals surface area (Å²) in [5.74, 6) is 1.26. The maximum absolute atomic E-state index is 12.9. The molecule has 0 atom stereocenters. The number of halogens is 2. The summed E-state index contributed by atoms with van der Waals surface area (Å²) in [7, 11) is 0. The van der Waals surface area contributed by atoms with Crippen LogP contribution in [0.4, 0.5) is 4.39 Å². The van der Waals surface area contributed by atoms with Crippen LogP contribution in [0.1, 0.15) is 41.6 Å². The Bertz CT molecular complexity index is 691. The average Bonchev–Trinajstić information content (AvgIpc) is 2.63. The Kier molecular flexibility index (Phi) is 6.22. The van der Waals surface area contributed by atoms with Gasteiger partial charge in [-0.2, -0.15) is 0 Å². The van der Waals surface area contributed by atoms with Crippen LogP contribution in [0, 0.1) is 11.7 Å². The van der Waals surface area contributed by atoms with E-state index in [1.54, 1.807) is 12.1 Å². The minimum atomic E-state index is -0.308. The van der Waals surface area contributed by atoms with E-state index in [4.69, 9.17) is 11.6 Å². The van der Waals surface area contributed by atoms with Crippen LogP contribution in [0.25, 0.3) is 0 Å². The summed E-state index contributed by atoms with van der Waals surface area (Å²) in [5.41, 5.74) is 1.88. The van der Waals surface area contributed by atoms with Gasteiger partial charge in [0.1, 0.15) is 5.82 Å². The first-order valence-corrected chi connectivity index (χ1v) is 9.11. The molecule has 0 amide bonds. The van der Waals surface area contributed by atoms with Gasteiger partial charge < -0.3 is 4.90 Å². The molecule has 1 aliphatic heterocycles. The molecule has 25 heavy (non-hydrogen) atoms. The molecule has 1 radical (unpaired) electrons. The van der Waals surface area contributed by atoms with Crippen molar-refractivity contribution in [2.45, 2.75) is 25.7 Å². The Morgan fingerprint density at radius 2 is 1.64 bits per heavy atom. The lowest BCUT2D eigenvalue weighted by molar-refractivity contribution is 0.0973. The van der Waals surface area contributed by atoms with Crippen LogP contribution >= 0.6 is 11.6 Å². The summed E-state index contributed by atoms with van der Waals surface area (Å²) in [6.07, 6.45) is 3.48. The SMILES string of the molecule is O=C(CCCN1CC[C](c2ccc(Cl)cc2)CC1)c1ccc(F)cc1. The summed E-state index contributed by atoms with van der Waals surface area (Å²) in [4.78, 5) is 14.5. The topological polar surface area (TPSA) is 20.3 Å². The van der Waals surface area contributed by atoms with Crippen molar-refractivity contribution in [3.63, 3.8) is 0 Å². The molecule has 0 N–H and O–H groups in total. The van der Waals surface area contributed by atoms with E-state index in [0.29, 0.717) is 12.0 Å². The first-order chi connectivity index (χ1) is 12.1. The predicted octanol–water partition coefficient (Wildman–Crippen LogP) is 5.16. The van der Waals surface area contributed by atoms with E-state index >= 15 is 0 Å². The predicted molar refractivity (Wildman–Crippen MR) is 99.4 cm³/mol. The molecular formula is C21H22ClFNO. The van der Waals surface area contributed by atoms with Crippen LogP contribution < -0.4 is 0 Å². The Hall–Kier alpha value is -1.71. The summed E-state index contributed by atoms with van der Waals surface area (Å²) >= 11 is 5.94. The van der Waals surface area contributed by atoms with Gasteiger partial charge in [0.05, 0.1) is 0 Å². The lowest BCUT2D eigenvalue weighted by Gasteiger charge is -2.31. The van der Waals surface area contributed by atoms with Crippen LogP contribution in [0.15, 0.2) is 48.5 Å². The molecule has 0 saturated carbocycles. The molecule has 1 saturated heterocycles. The molecule has 0 bridgehead atoms. The van der Waals surface area contributed by atoms with Gasteiger partial charge in [0.25, 0.3) is 0 Å². The zero-order valence-electron chi connectivity index (χ0n) is 14.2. The molecule has 0 unspecified atom stereocenters. The largest absolute Gasteiger partial charge is 0.303 e. The van der Waals surface area contributed by atoms with E-state index in [2.05, 4.69) is 17.0 Å². The molecule has 2 aromatic carbocycles. The molecule has 0 spiro atoms. The van der Waals surface area contributed by atoms with E-state index in [9.17, 15) is 9.18 Å². The zero-order valence-corrected chi connectivity index (χ0v) is 14.9. The van der Waals surface area contributed by atoms with Crippen molar-refractivity contribution < 1.29 is 9.18 Å². The quantitative estimate of drug-likeness (QED) is 0.665. The minimum absolute atomic E-state index is 0.0884. The number of rotatable bonds is 6. The lowest BCUT2D eigenvalue weighted by Crippen LogP contribution is -2.34. The summed E-state index contributed by atoms with van der Waals surface area (Å²) in [6.45, 7) is 2.99. The average molecular weight is 359 g/mol. The molecule has 0 aromatic heterocycles. The normalized spacial score (nSPS) is 16.1. The second-order valence-electron chi connectivity index (χ2n) is 6.49. The number of benzene rings is 2. The second kappa shape index (κ2) is 8.59. The van der Waals surface area contributed by atoms with Crippen molar-refractivity contribution in [2.24, 2.45) is 0 Å². The summed E-state index contributed by atoms with van der Waals surface area (Å²) in [5, 5.41) is 0.771. The molecule has 2 aromatic rings. The first kappa shape index (κ1) is 18.1. The van der Waals surface area contributed by atoms with E-state index in [1.807, 2.05) is 12.1 Å². The zero-order chi connectivity index (χ0) is 17.6. The Labute approximate surface area is 153 Å². The molecule has 1 fully saturated rings. The Balaban J connectivity index is 1.40. The molecule has 2 nitrogen and oxygen atoms in total. The highest BCUT2D eigenvalue weighted by atomic mass is 35.5. The van der Waals surface area contributed by atoms with Crippen molar-refractivity contribution in [1.82, 2.24) is 4.90 Å². The number of likely N-dealkylation sites (tertiary alicyclic amines) is 1. The van der Waals surface area contributed by atoms with Gasteiger partial charge in [0.15, 0.2) is 5.78 Å². The van der Waals surface area contributed by atoms with Crippen LogP contribution in [0.2, 0.25) is 5.02 Å². The van der Waals surface area contributed by atoms with Crippen LogP contribution in [0.5, 0.6) is 0 Å². The number of hydrogen-bond donors (Lipinski definition) is 0. The molecule has 3 rings (SSSR count). The minimum Gasteiger partial charge on any atom is -0.303 e. The second-order valence-corrected chi connectivity index (χ2v) is 6.92. The number of ketones is 1. The third kappa shape index (κ3) is 5.13. The fourth-order valence-corrected chi connectivity index (χ4v) is 3.39. The highest BCUT2D eigenvalue weighted by Gasteiger charge is 2.21. The van der Waals surface area contributed by atoms with E-state index in [1.165, 1.54) is 23.6 Å². The number of piperidine rings is 1.